The molecule has 0 saturated carbocycles. The van der Waals surface area contributed by atoms with Gasteiger partial charge in [0.15, 0.2) is 0 Å². The lowest BCUT2D eigenvalue weighted by Gasteiger charge is -2.26. The largest absolute Gasteiger partial charge is 0.377 e. The normalized spacial score (nSPS) is 29.3. The van der Waals surface area contributed by atoms with Crippen LogP contribution in [-0.2, 0) is 4.74 Å². The number of hydrogen-bond donors (Lipinski definition) is 1. The molecule has 0 amide bonds. The van der Waals surface area contributed by atoms with Crippen molar-refractivity contribution in [2.24, 2.45) is 0 Å². The van der Waals surface area contributed by atoms with Crippen LogP contribution in [0.3, 0.4) is 0 Å². The minimum Gasteiger partial charge on any atom is -0.377 e. The molecule has 2 fully saturated rings. The maximum absolute atomic E-state index is 5.78. The maximum atomic E-state index is 5.78. The highest BCUT2D eigenvalue weighted by Gasteiger charge is 2.23. The van der Waals surface area contributed by atoms with Crippen LogP contribution in [0, 0.1) is 0 Å². The second-order valence-corrected chi connectivity index (χ2v) is 5.67. The lowest BCUT2D eigenvalue weighted by Crippen LogP contribution is -2.36. The summed E-state index contributed by atoms with van der Waals surface area (Å²) in [6.07, 6.45) is 4.17. The first kappa shape index (κ1) is 13.1. The Kier molecular flexibility index (Phi) is 4.49. The SMILES string of the molecule is c1ccc(C2CN(CC3CCCO3)CCCN2)cc1. The lowest BCUT2D eigenvalue weighted by molar-refractivity contribution is 0.0726. The highest BCUT2D eigenvalue weighted by atomic mass is 16.5. The first-order valence-corrected chi connectivity index (χ1v) is 7.54. The quantitative estimate of drug-likeness (QED) is 0.901. The number of nitrogens with zero attached hydrogens (tertiary/aromatic N) is 1. The Labute approximate surface area is 115 Å². The zero-order valence-corrected chi connectivity index (χ0v) is 11.6. The highest BCUT2D eigenvalue weighted by molar-refractivity contribution is 5.19. The van der Waals surface area contributed by atoms with Crippen LogP contribution in [0.2, 0.25) is 0 Å². The van der Waals surface area contributed by atoms with Crippen molar-refractivity contribution in [2.75, 3.05) is 32.8 Å². The Hall–Kier alpha value is -0.900. The average Bonchev–Trinajstić information content (AvgIpc) is 2.84. The first-order valence-electron chi connectivity index (χ1n) is 7.54. The predicted octanol–water partition coefficient (Wildman–Crippen LogP) is 2.20. The van der Waals surface area contributed by atoms with Gasteiger partial charge in [0.1, 0.15) is 0 Å². The first-order chi connectivity index (χ1) is 9.42. The molecule has 3 rings (SSSR count). The molecule has 0 aromatic heterocycles. The minimum atomic E-state index is 0.463. The van der Waals surface area contributed by atoms with Crippen LogP contribution in [0.4, 0.5) is 0 Å². The second-order valence-electron chi connectivity index (χ2n) is 5.67. The number of rotatable bonds is 3. The second kappa shape index (κ2) is 6.51. The molecule has 0 aliphatic carbocycles. The van der Waals surface area contributed by atoms with E-state index in [1.807, 2.05) is 0 Å². The summed E-state index contributed by atoms with van der Waals surface area (Å²) < 4.78 is 5.78. The fraction of sp³-hybridized carbons (Fsp3) is 0.625. The fourth-order valence-electron chi connectivity index (χ4n) is 3.14. The third-order valence-electron chi connectivity index (χ3n) is 4.17. The van der Waals surface area contributed by atoms with E-state index in [1.54, 1.807) is 0 Å². The topological polar surface area (TPSA) is 24.5 Å². The van der Waals surface area contributed by atoms with Crippen molar-refractivity contribution in [1.82, 2.24) is 10.2 Å². The molecule has 19 heavy (non-hydrogen) atoms. The molecule has 2 aliphatic rings. The van der Waals surface area contributed by atoms with Gasteiger partial charge in [-0.3, -0.25) is 4.90 Å². The van der Waals surface area contributed by atoms with E-state index in [2.05, 4.69) is 40.5 Å². The summed E-state index contributed by atoms with van der Waals surface area (Å²) >= 11 is 0. The average molecular weight is 260 g/mol. The van der Waals surface area contributed by atoms with Gasteiger partial charge in [0.2, 0.25) is 0 Å². The fourth-order valence-corrected chi connectivity index (χ4v) is 3.14. The van der Waals surface area contributed by atoms with Gasteiger partial charge in [-0.1, -0.05) is 30.3 Å². The van der Waals surface area contributed by atoms with E-state index in [9.17, 15) is 0 Å². The van der Waals surface area contributed by atoms with E-state index >= 15 is 0 Å². The van der Waals surface area contributed by atoms with Gasteiger partial charge in [0.25, 0.3) is 0 Å². The van der Waals surface area contributed by atoms with Gasteiger partial charge in [0.05, 0.1) is 6.10 Å². The van der Waals surface area contributed by atoms with Crippen molar-refractivity contribution in [3.05, 3.63) is 35.9 Å². The Balaban J connectivity index is 1.62. The molecule has 1 aromatic carbocycles. The summed E-state index contributed by atoms with van der Waals surface area (Å²) in [5.41, 5.74) is 1.40. The van der Waals surface area contributed by atoms with E-state index in [1.165, 1.54) is 31.4 Å². The van der Waals surface area contributed by atoms with Crippen LogP contribution in [0.15, 0.2) is 30.3 Å². The van der Waals surface area contributed by atoms with Crippen LogP contribution in [0.5, 0.6) is 0 Å². The van der Waals surface area contributed by atoms with Crippen molar-refractivity contribution in [1.29, 1.82) is 0 Å². The molecule has 2 heterocycles. The summed E-state index contributed by atoms with van der Waals surface area (Å²) in [6.45, 7) is 5.46. The summed E-state index contributed by atoms with van der Waals surface area (Å²) in [6, 6.07) is 11.3. The molecular formula is C16H24N2O. The molecule has 3 nitrogen and oxygen atoms in total. The molecule has 1 N–H and O–H groups in total. The number of benzene rings is 1. The van der Waals surface area contributed by atoms with Gasteiger partial charge in [-0.15, -0.1) is 0 Å². The van der Waals surface area contributed by atoms with Crippen LogP contribution in [-0.4, -0.2) is 43.8 Å². The van der Waals surface area contributed by atoms with Crippen molar-refractivity contribution in [2.45, 2.75) is 31.4 Å². The summed E-state index contributed by atoms with van der Waals surface area (Å²) in [4.78, 5) is 2.58. The van der Waals surface area contributed by atoms with Crippen molar-refractivity contribution in [3.8, 4) is 0 Å². The molecule has 3 heteroatoms. The molecule has 2 aliphatic heterocycles. The number of nitrogens with one attached hydrogen (secondary N) is 1. The van der Waals surface area contributed by atoms with Gasteiger partial charge >= 0.3 is 0 Å². The van der Waals surface area contributed by atoms with E-state index in [-0.39, 0.29) is 0 Å². The maximum Gasteiger partial charge on any atom is 0.0702 e. The van der Waals surface area contributed by atoms with Crippen LogP contribution in [0.1, 0.15) is 30.9 Å². The van der Waals surface area contributed by atoms with E-state index in [0.29, 0.717) is 12.1 Å². The highest BCUT2D eigenvalue weighted by Crippen LogP contribution is 2.19. The molecule has 104 valence electrons. The zero-order chi connectivity index (χ0) is 12.9. The Morgan fingerprint density at radius 3 is 2.89 bits per heavy atom. The molecular weight excluding hydrogens is 236 g/mol. The molecule has 1 aromatic rings. The number of hydrogen-bond acceptors (Lipinski definition) is 3. The monoisotopic (exact) mass is 260 g/mol. The van der Waals surface area contributed by atoms with Crippen LogP contribution < -0.4 is 5.32 Å². The predicted molar refractivity (Wildman–Crippen MR) is 77.2 cm³/mol. The Morgan fingerprint density at radius 1 is 1.21 bits per heavy atom. The summed E-state index contributed by atoms with van der Waals surface area (Å²) in [7, 11) is 0. The smallest absolute Gasteiger partial charge is 0.0702 e. The van der Waals surface area contributed by atoms with Crippen molar-refractivity contribution in [3.63, 3.8) is 0 Å². The standard InChI is InChI=1S/C16H24N2O/c1-2-6-14(7-3-1)16-13-18(10-5-9-17-16)12-15-8-4-11-19-15/h1-3,6-7,15-17H,4-5,8-13H2. The summed E-state index contributed by atoms with van der Waals surface area (Å²) in [5, 5.41) is 3.67. The Morgan fingerprint density at radius 2 is 2.11 bits per heavy atom. The van der Waals surface area contributed by atoms with Crippen molar-refractivity contribution >= 4 is 0 Å². The Bertz CT molecular complexity index is 376. The third-order valence-corrected chi connectivity index (χ3v) is 4.17. The molecule has 0 spiro atoms. The van der Waals surface area contributed by atoms with Gasteiger partial charge < -0.3 is 10.1 Å². The van der Waals surface area contributed by atoms with Gasteiger partial charge in [-0.2, -0.15) is 0 Å². The van der Waals surface area contributed by atoms with E-state index in [4.69, 9.17) is 4.74 Å². The number of ether oxygens (including phenoxy) is 1. The molecule has 0 radical (unpaired) electrons. The molecule has 2 atom stereocenters. The molecule has 2 saturated heterocycles. The van der Waals surface area contributed by atoms with Crippen molar-refractivity contribution < 1.29 is 4.74 Å². The van der Waals surface area contributed by atoms with E-state index in [0.717, 1.165) is 26.2 Å². The lowest BCUT2D eigenvalue weighted by atomic mass is 10.1. The minimum absolute atomic E-state index is 0.463. The third kappa shape index (κ3) is 3.56. The summed E-state index contributed by atoms with van der Waals surface area (Å²) in [5.74, 6) is 0. The van der Waals surface area contributed by atoms with Gasteiger partial charge in [-0.25, -0.2) is 0 Å². The van der Waals surface area contributed by atoms with E-state index < -0.39 is 0 Å². The van der Waals surface area contributed by atoms with Crippen LogP contribution >= 0.6 is 0 Å². The molecule has 0 bridgehead atoms. The van der Waals surface area contributed by atoms with Crippen LogP contribution in [0.25, 0.3) is 0 Å². The van der Waals surface area contributed by atoms with Gasteiger partial charge in [-0.05, 0) is 37.9 Å². The molecule has 2 unspecified atom stereocenters. The van der Waals surface area contributed by atoms with Gasteiger partial charge in [0, 0.05) is 25.7 Å². The zero-order valence-electron chi connectivity index (χ0n) is 11.6.